The van der Waals surface area contributed by atoms with Crippen LogP contribution in [0.2, 0.25) is 0 Å². The van der Waals surface area contributed by atoms with Crippen molar-refractivity contribution in [3.05, 3.63) is 60.2 Å². The summed E-state index contributed by atoms with van der Waals surface area (Å²) >= 11 is 0. The molecule has 0 aliphatic carbocycles. The number of benzene rings is 2. The zero-order valence-electron chi connectivity index (χ0n) is 14.9. The quantitative estimate of drug-likeness (QED) is 0.774. The van der Waals surface area contributed by atoms with E-state index in [1.165, 1.54) is 5.56 Å². The molecule has 0 radical (unpaired) electrons. The Hall–Kier alpha value is -2.66. The average Bonchev–Trinajstić information content (AvgIpc) is 3.06. The van der Waals surface area contributed by atoms with Crippen molar-refractivity contribution in [2.45, 2.75) is 25.8 Å². The van der Waals surface area contributed by atoms with Gasteiger partial charge in [-0.15, -0.1) is 0 Å². The van der Waals surface area contributed by atoms with Crippen LogP contribution >= 0.6 is 0 Å². The molecule has 0 saturated carbocycles. The van der Waals surface area contributed by atoms with Gasteiger partial charge in [0, 0.05) is 19.1 Å². The van der Waals surface area contributed by atoms with E-state index in [-0.39, 0.29) is 17.9 Å². The van der Waals surface area contributed by atoms with Crippen molar-refractivity contribution in [1.29, 1.82) is 0 Å². The summed E-state index contributed by atoms with van der Waals surface area (Å²) in [7, 11) is 0. The largest absolute Gasteiger partial charge is 0.381 e. The van der Waals surface area contributed by atoms with Crippen LogP contribution in [0.3, 0.4) is 0 Å². The van der Waals surface area contributed by atoms with Crippen molar-refractivity contribution in [3.63, 3.8) is 0 Å². The molecule has 26 heavy (non-hydrogen) atoms. The number of fused-ring (bicyclic) bond motifs is 1. The smallest absolute Gasteiger partial charge is 0.229 e. The van der Waals surface area contributed by atoms with Crippen LogP contribution in [0.25, 0.3) is 11.0 Å². The van der Waals surface area contributed by atoms with Gasteiger partial charge in [-0.3, -0.25) is 10.1 Å². The summed E-state index contributed by atoms with van der Waals surface area (Å²) in [5, 5.41) is 3.08. The summed E-state index contributed by atoms with van der Waals surface area (Å²) < 4.78 is 7.48. The van der Waals surface area contributed by atoms with Crippen LogP contribution in [0.1, 0.15) is 31.4 Å². The monoisotopic (exact) mass is 349 g/mol. The molecular formula is C21H23N3O2. The van der Waals surface area contributed by atoms with Gasteiger partial charge in [-0.05, 0) is 37.5 Å². The Morgan fingerprint density at radius 2 is 1.81 bits per heavy atom. The number of nitrogens with zero attached hydrogens (tertiary/aromatic N) is 2. The second-order valence-electron chi connectivity index (χ2n) is 6.76. The maximum atomic E-state index is 12.7. The molecule has 0 bridgehead atoms. The van der Waals surface area contributed by atoms with Crippen molar-refractivity contribution in [2.24, 2.45) is 5.92 Å². The fraction of sp³-hybridized carbons (Fsp3) is 0.333. The Morgan fingerprint density at radius 1 is 1.12 bits per heavy atom. The topological polar surface area (TPSA) is 56.2 Å². The number of aromatic nitrogens is 2. The number of carbonyl (C=O) groups excluding carboxylic acids is 1. The van der Waals surface area contributed by atoms with Gasteiger partial charge in [0.05, 0.1) is 17.1 Å². The molecule has 1 aromatic heterocycles. The molecule has 3 aromatic rings. The van der Waals surface area contributed by atoms with Crippen LogP contribution in [0.4, 0.5) is 5.95 Å². The zero-order chi connectivity index (χ0) is 17.9. The van der Waals surface area contributed by atoms with E-state index in [9.17, 15) is 4.79 Å². The number of amides is 1. The molecule has 1 N–H and O–H groups in total. The van der Waals surface area contributed by atoms with E-state index in [2.05, 4.69) is 28.9 Å². The fourth-order valence-corrected chi connectivity index (χ4v) is 3.58. The Morgan fingerprint density at radius 3 is 2.58 bits per heavy atom. The Labute approximate surface area is 153 Å². The molecule has 2 heterocycles. The first kappa shape index (κ1) is 16.8. The highest BCUT2D eigenvalue weighted by molar-refractivity contribution is 5.93. The summed E-state index contributed by atoms with van der Waals surface area (Å²) in [6, 6.07) is 18.3. The van der Waals surface area contributed by atoms with E-state index in [0.29, 0.717) is 19.2 Å². The van der Waals surface area contributed by atoms with Gasteiger partial charge >= 0.3 is 0 Å². The van der Waals surface area contributed by atoms with Gasteiger partial charge in [-0.25, -0.2) is 4.98 Å². The van der Waals surface area contributed by atoms with Crippen molar-refractivity contribution < 1.29 is 9.53 Å². The number of rotatable bonds is 4. The van der Waals surface area contributed by atoms with Gasteiger partial charge in [0.25, 0.3) is 0 Å². The summed E-state index contributed by atoms with van der Waals surface area (Å²) in [6.07, 6.45) is 1.53. The molecule has 2 aromatic carbocycles. The lowest BCUT2D eigenvalue weighted by atomic mass is 10.00. The maximum absolute atomic E-state index is 12.7. The molecule has 4 rings (SSSR count). The number of para-hydroxylation sites is 2. The Kier molecular flexibility index (Phi) is 4.71. The molecule has 1 saturated heterocycles. The number of anilines is 1. The lowest BCUT2D eigenvalue weighted by molar-refractivity contribution is -0.122. The van der Waals surface area contributed by atoms with Gasteiger partial charge in [-0.1, -0.05) is 42.5 Å². The van der Waals surface area contributed by atoms with Crippen molar-refractivity contribution in [1.82, 2.24) is 9.55 Å². The van der Waals surface area contributed by atoms with Crippen molar-refractivity contribution in [3.8, 4) is 0 Å². The Bertz CT molecular complexity index is 898. The minimum absolute atomic E-state index is 0.0101. The highest BCUT2D eigenvalue weighted by Gasteiger charge is 2.25. The normalized spacial score (nSPS) is 16.5. The second-order valence-corrected chi connectivity index (χ2v) is 6.76. The third kappa shape index (κ3) is 3.22. The van der Waals surface area contributed by atoms with Gasteiger partial charge in [0.2, 0.25) is 11.9 Å². The molecule has 5 nitrogen and oxygen atoms in total. The number of hydrogen-bond donors (Lipinski definition) is 1. The van der Waals surface area contributed by atoms with Crippen LogP contribution in [-0.2, 0) is 9.53 Å². The lowest BCUT2D eigenvalue weighted by Gasteiger charge is -2.22. The van der Waals surface area contributed by atoms with E-state index >= 15 is 0 Å². The van der Waals surface area contributed by atoms with Crippen molar-refractivity contribution in [2.75, 3.05) is 18.5 Å². The first-order valence-corrected chi connectivity index (χ1v) is 9.14. The molecule has 5 heteroatoms. The molecule has 134 valence electrons. The summed E-state index contributed by atoms with van der Waals surface area (Å²) in [5.74, 6) is 0.633. The van der Waals surface area contributed by atoms with Gasteiger partial charge < -0.3 is 9.30 Å². The minimum atomic E-state index is -0.0101. The van der Waals surface area contributed by atoms with E-state index in [0.717, 1.165) is 23.9 Å². The molecule has 0 unspecified atom stereocenters. The number of nitrogens with one attached hydrogen (secondary N) is 1. The number of imidazole rings is 1. The molecule has 0 spiro atoms. The second kappa shape index (κ2) is 7.30. The Balaban J connectivity index is 1.71. The lowest BCUT2D eigenvalue weighted by Crippen LogP contribution is -2.29. The van der Waals surface area contributed by atoms with Crippen molar-refractivity contribution >= 4 is 22.9 Å². The number of hydrogen-bond acceptors (Lipinski definition) is 3. The van der Waals surface area contributed by atoms with E-state index in [4.69, 9.17) is 9.72 Å². The van der Waals surface area contributed by atoms with Gasteiger partial charge in [-0.2, -0.15) is 0 Å². The average molecular weight is 349 g/mol. The predicted octanol–water partition coefficient (Wildman–Crippen LogP) is 4.01. The van der Waals surface area contributed by atoms with Crippen LogP contribution < -0.4 is 5.32 Å². The molecule has 1 fully saturated rings. The first-order valence-electron chi connectivity index (χ1n) is 9.14. The minimum Gasteiger partial charge on any atom is -0.381 e. The first-order chi connectivity index (χ1) is 12.7. The third-order valence-corrected chi connectivity index (χ3v) is 5.09. The molecular weight excluding hydrogens is 326 g/mol. The summed E-state index contributed by atoms with van der Waals surface area (Å²) in [4.78, 5) is 17.4. The van der Waals surface area contributed by atoms with Crippen LogP contribution in [0.15, 0.2) is 54.6 Å². The molecule has 1 atom stereocenters. The predicted molar refractivity (Wildman–Crippen MR) is 102 cm³/mol. The number of carbonyl (C=O) groups is 1. The summed E-state index contributed by atoms with van der Waals surface area (Å²) in [5.41, 5.74) is 3.08. The highest BCUT2D eigenvalue weighted by atomic mass is 16.5. The fourth-order valence-electron chi connectivity index (χ4n) is 3.58. The third-order valence-electron chi connectivity index (χ3n) is 5.09. The number of ether oxygens (including phenoxy) is 1. The van der Waals surface area contributed by atoms with E-state index in [1.807, 2.05) is 42.5 Å². The maximum Gasteiger partial charge on any atom is 0.229 e. The molecule has 1 aliphatic rings. The van der Waals surface area contributed by atoms with Gasteiger partial charge in [0.1, 0.15) is 0 Å². The van der Waals surface area contributed by atoms with E-state index < -0.39 is 0 Å². The summed E-state index contributed by atoms with van der Waals surface area (Å²) in [6.45, 7) is 3.43. The highest BCUT2D eigenvalue weighted by Crippen LogP contribution is 2.29. The van der Waals surface area contributed by atoms with Gasteiger partial charge in [0.15, 0.2) is 0 Å². The SMILES string of the molecule is C[C@@H](c1ccccc1)n1c(NC(=O)C2CCOCC2)nc2ccccc21. The molecule has 1 aliphatic heterocycles. The standard InChI is InChI=1S/C21H23N3O2/c1-15(16-7-3-2-4-8-16)24-19-10-6-5-9-18(19)22-21(24)23-20(25)17-11-13-26-14-12-17/h2-10,15,17H,11-14H2,1H3,(H,22,23,25)/t15-/m0/s1. The molecule has 1 amide bonds. The van der Waals surface area contributed by atoms with Crippen LogP contribution in [0.5, 0.6) is 0 Å². The van der Waals surface area contributed by atoms with Crippen LogP contribution in [-0.4, -0.2) is 28.7 Å². The zero-order valence-corrected chi connectivity index (χ0v) is 14.9. The van der Waals surface area contributed by atoms with Crippen LogP contribution in [0, 0.1) is 5.92 Å². The van der Waals surface area contributed by atoms with E-state index in [1.54, 1.807) is 0 Å².